The van der Waals surface area contributed by atoms with E-state index in [1.165, 1.54) is 12.1 Å². The molecule has 1 N–H and O–H groups in total. The summed E-state index contributed by atoms with van der Waals surface area (Å²) in [6.45, 7) is 7.81. The molecule has 10 heteroatoms. The lowest BCUT2D eigenvalue weighted by molar-refractivity contribution is -0.105. The molecule has 5 aromatic rings. The summed E-state index contributed by atoms with van der Waals surface area (Å²) in [4.78, 5) is 27.0. The van der Waals surface area contributed by atoms with Crippen LogP contribution >= 0.6 is 0 Å². The Bertz CT molecular complexity index is 1730. The number of amides is 1. The highest BCUT2D eigenvalue weighted by atomic mass is 19.1. The molecule has 0 bridgehead atoms. The summed E-state index contributed by atoms with van der Waals surface area (Å²) in [6.07, 6.45) is 3.08. The molecule has 3 aromatic carbocycles. The summed E-state index contributed by atoms with van der Waals surface area (Å²) < 4.78 is 34.2. The summed E-state index contributed by atoms with van der Waals surface area (Å²) in [6, 6.07) is 21.0. The van der Waals surface area contributed by atoms with Crippen LogP contribution in [0.25, 0.3) is 16.6 Å². The van der Waals surface area contributed by atoms with Crippen LogP contribution in [0.3, 0.4) is 0 Å². The highest BCUT2D eigenvalue weighted by Gasteiger charge is 2.14. The van der Waals surface area contributed by atoms with E-state index in [4.69, 9.17) is 14.2 Å². The number of nitrogens with one attached hydrogen (secondary N) is 1. The molecule has 0 saturated heterocycles. The van der Waals surface area contributed by atoms with Crippen LogP contribution in [0.4, 0.5) is 10.1 Å². The Morgan fingerprint density at radius 1 is 0.977 bits per heavy atom. The van der Waals surface area contributed by atoms with Crippen LogP contribution in [0.2, 0.25) is 0 Å². The van der Waals surface area contributed by atoms with Gasteiger partial charge in [0.15, 0.2) is 11.6 Å². The van der Waals surface area contributed by atoms with Gasteiger partial charge in [-0.3, -0.25) is 19.3 Å². The van der Waals surface area contributed by atoms with E-state index in [0.717, 1.165) is 35.3 Å². The van der Waals surface area contributed by atoms with Crippen LogP contribution in [0, 0.1) is 19.7 Å². The van der Waals surface area contributed by atoms with Gasteiger partial charge < -0.3 is 19.5 Å². The molecular weight excluding hydrogens is 551 g/mol. The third-order valence-electron chi connectivity index (χ3n) is 6.73. The van der Waals surface area contributed by atoms with E-state index in [1.807, 2.05) is 44.2 Å². The van der Waals surface area contributed by atoms with Gasteiger partial charge in [0.2, 0.25) is 6.41 Å². The second-order valence-corrected chi connectivity index (χ2v) is 9.62. The van der Waals surface area contributed by atoms with Crippen LogP contribution in [0.1, 0.15) is 24.6 Å². The van der Waals surface area contributed by atoms with Gasteiger partial charge in [-0.2, -0.15) is 0 Å². The quantitative estimate of drug-likeness (QED) is 0.142. The predicted octanol–water partition coefficient (Wildman–Crippen LogP) is 6.43. The van der Waals surface area contributed by atoms with Crippen molar-refractivity contribution >= 4 is 23.0 Å². The average Bonchev–Trinajstić information content (AvgIpc) is 3.23. The van der Waals surface area contributed by atoms with Gasteiger partial charge in [-0.15, -0.1) is 0 Å². The van der Waals surface area contributed by atoms with E-state index < -0.39 is 5.82 Å². The van der Waals surface area contributed by atoms with Gasteiger partial charge in [-0.25, -0.2) is 9.07 Å². The Morgan fingerprint density at radius 2 is 1.77 bits per heavy atom. The van der Waals surface area contributed by atoms with Gasteiger partial charge in [0.1, 0.15) is 18.1 Å². The Hall–Kier alpha value is -4.96. The van der Waals surface area contributed by atoms with Gasteiger partial charge in [0, 0.05) is 54.3 Å². The number of anilines is 1. The summed E-state index contributed by atoms with van der Waals surface area (Å²) in [5, 5.41) is 3.11. The normalized spacial score (nSPS) is 10.6. The fourth-order valence-corrected chi connectivity index (χ4v) is 4.46. The Morgan fingerprint density at radius 3 is 2.47 bits per heavy atom. The molecule has 0 spiro atoms. The van der Waals surface area contributed by atoms with Gasteiger partial charge in [0.05, 0.1) is 17.8 Å². The van der Waals surface area contributed by atoms with Crippen molar-refractivity contribution in [2.24, 2.45) is 0 Å². The minimum Gasteiger partial charge on any atom is -0.491 e. The number of halogens is 1. The van der Waals surface area contributed by atoms with E-state index in [0.29, 0.717) is 42.3 Å². The maximum Gasteiger partial charge on any atom is 0.274 e. The lowest BCUT2D eigenvalue weighted by Gasteiger charge is -2.12. The number of methoxy groups -OCH3 is 1. The van der Waals surface area contributed by atoms with Crippen LogP contribution in [-0.2, 0) is 16.1 Å². The first-order valence-electron chi connectivity index (χ1n) is 13.9. The summed E-state index contributed by atoms with van der Waals surface area (Å²) in [7, 11) is 1.61. The van der Waals surface area contributed by atoms with Crippen molar-refractivity contribution in [1.29, 1.82) is 0 Å². The number of nitrogens with zero attached hydrogens (tertiary/aromatic N) is 3. The third kappa shape index (κ3) is 7.47. The molecule has 2 heterocycles. The molecule has 0 saturated carbocycles. The van der Waals surface area contributed by atoms with Crippen LogP contribution in [0.15, 0.2) is 83.8 Å². The largest absolute Gasteiger partial charge is 0.491 e. The first-order chi connectivity index (χ1) is 20.9. The molecule has 0 aliphatic heterocycles. The number of fused-ring (bicyclic) bond motifs is 1. The molecule has 224 valence electrons. The number of aromatic nitrogens is 3. The molecule has 9 nitrogen and oxygen atoms in total. The fourth-order valence-electron chi connectivity index (χ4n) is 4.46. The van der Waals surface area contributed by atoms with Gasteiger partial charge in [0.25, 0.3) is 5.56 Å². The molecule has 2 aromatic heterocycles. The molecule has 0 aliphatic carbocycles. The zero-order valence-electron chi connectivity index (χ0n) is 24.7. The number of benzene rings is 3. The first kappa shape index (κ1) is 31.0. The van der Waals surface area contributed by atoms with Crippen LogP contribution in [-0.4, -0.2) is 41.1 Å². The molecule has 5 rings (SSSR count). The maximum absolute atomic E-state index is 14.2. The molecule has 0 fully saturated rings. The summed E-state index contributed by atoms with van der Waals surface area (Å²) in [5.41, 5.74) is 3.92. The summed E-state index contributed by atoms with van der Waals surface area (Å²) >= 11 is 0. The van der Waals surface area contributed by atoms with Crippen LogP contribution < -0.4 is 20.3 Å². The number of hydrogen-bond acceptors (Lipinski definition) is 6. The van der Waals surface area contributed by atoms with E-state index in [9.17, 15) is 14.0 Å². The molecule has 43 heavy (non-hydrogen) atoms. The van der Waals surface area contributed by atoms with Gasteiger partial charge in [-0.05, 0) is 62.7 Å². The number of carbonyl (C=O) groups is 1. The van der Waals surface area contributed by atoms with Crippen molar-refractivity contribution < 1.29 is 23.4 Å². The molecule has 0 unspecified atom stereocenters. The Kier molecular flexibility index (Phi) is 10.7. The first-order valence-corrected chi connectivity index (χ1v) is 13.9. The van der Waals surface area contributed by atoms with E-state index >= 15 is 0 Å². The minimum atomic E-state index is -0.582. The lowest BCUT2D eigenvalue weighted by Crippen LogP contribution is -2.22. The third-order valence-corrected chi connectivity index (χ3v) is 6.73. The SMILES string of the molecule is CCCn1c(C)c(C)c(=O)n1-c1ccccc1.COCCOc1ccc2c(Oc3ccc(NC=O)cc3F)ccnc2c1. The number of rotatable bonds is 11. The van der Waals surface area contributed by atoms with Crippen molar-refractivity contribution in [1.82, 2.24) is 14.3 Å². The fraction of sp³-hybridized carbons (Fsp3) is 0.242. The van der Waals surface area contributed by atoms with Crippen molar-refractivity contribution in [3.63, 3.8) is 0 Å². The summed E-state index contributed by atoms with van der Waals surface area (Å²) in [5.74, 6) is 0.596. The molecule has 0 atom stereocenters. The minimum absolute atomic E-state index is 0.0503. The van der Waals surface area contributed by atoms with Crippen molar-refractivity contribution in [2.75, 3.05) is 25.6 Å². The molecular formula is C33H35FN4O5. The number of pyridine rings is 1. The van der Waals surface area contributed by atoms with Crippen LogP contribution in [0.5, 0.6) is 17.2 Å². The lowest BCUT2D eigenvalue weighted by atomic mass is 10.2. The second kappa shape index (κ2) is 14.8. The highest BCUT2D eigenvalue weighted by molar-refractivity contribution is 5.86. The highest BCUT2D eigenvalue weighted by Crippen LogP contribution is 2.32. The topological polar surface area (TPSA) is 96.6 Å². The van der Waals surface area contributed by atoms with E-state index in [2.05, 4.69) is 21.9 Å². The molecule has 1 amide bonds. The van der Waals surface area contributed by atoms with Crippen molar-refractivity contribution in [2.45, 2.75) is 33.7 Å². The van der Waals surface area contributed by atoms with Gasteiger partial charge >= 0.3 is 0 Å². The van der Waals surface area contributed by atoms with Crippen molar-refractivity contribution in [3.8, 4) is 22.9 Å². The number of hydrogen-bond donors (Lipinski definition) is 1. The zero-order chi connectivity index (χ0) is 30.8. The molecule has 0 aliphatic rings. The number of carbonyl (C=O) groups excluding carboxylic acids is 1. The monoisotopic (exact) mass is 586 g/mol. The van der Waals surface area contributed by atoms with Crippen molar-refractivity contribution in [3.05, 3.63) is 106 Å². The number of ether oxygens (including phenoxy) is 3. The van der Waals surface area contributed by atoms with E-state index in [1.54, 1.807) is 48.3 Å². The number of para-hydroxylation sites is 1. The van der Waals surface area contributed by atoms with Gasteiger partial charge in [-0.1, -0.05) is 25.1 Å². The molecule has 0 radical (unpaired) electrons. The maximum atomic E-state index is 14.2. The Labute approximate surface area is 249 Å². The average molecular weight is 587 g/mol. The second-order valence-electron chi connectivity index (χ2n) is 9.62. The Balaban J connectivity index is 0.000000215. The van der Waals surface area contributed by atoms with E-state index in [-0.39, 0.29) is 11.3 Å². The smallest absolute Gasteiger partial charge is 0.274 e. The zero-order valence-corrected chi connectivity index (χ0v) is 24.7. The predicted molar refractivity (Wildman–Crippen MR) is 165 cm³/mol. The standard InChI is InChI=1S/C19H17FN2O4.C14H18N2O/c1-24-8-9-25-14-3-4-15-17(11-14)21-7-6-18(15)26-19-5-2-13(22-12-23)10-16(19)20;1-4-10-15-12(3)11(2)14(17)16(15)13-8-6-5-7-9-13/h2-7,10-12H,8-9H2,1H3,(H,22,23);5-9H,4,10H2,1-3H3.